The molecule has 5 aromatic rings. The van der Waals surface area contributed by atoms with Gasteiger partial charge in [-0.05, 0) is 103 Å². The van der Waals surface area contributed by atoms with Gasteiger partial charge in [-0.2, -0.15) is 0 Å². The summed E-state index contributed by atoms with van der Waals surface area (Å²) in [5.41, 5.74) is 3.98. The molecule has 2 saturated heterocycles. The van der Waals surface area contributed by atoms with E-state index >= 15 is 4.39 Å². The summed E-state index contributed by atoms with van der Waals surface area (Å²) < 4.78 is 31.4. The smallest absolute Gasteiger partial charge is 0.407 e. The Labute approximate surface area is 372 Å². The number of hydrogen-bond donors (Lipinski definition) is 4. The number of aromatic amines is 2. The largest absolute Gasteiger partial charge is 0.453 e. The Morgan fingerprint density at radius 3 is 2.34 bits per heavy atom. The molecule has 8 rings (SSSR count). The number of halogens is 1. The minimum Gasteiger partial charge on any atom is -0.453 e. The predicted molar refractivity (Wildman–Crippen MR) is 239 cm³/mol. The lowest BCUT2D eigenvalue weighted by molar-refractivity contribution is -0.140. The van der Waals surface area contributed by atoms with Crippen LogP contribution in [0.4, 0.5) is 14.0 Å². The fraction of sp³-hybridized carbons (Fsp3) is 0.500. The van der Waals surface area contributed by atoms with E-state index in [1.165, 1.54) is 20.3 Å². The Morgan fingerprint density at radius 2 is 1.64 bits per heavy atom. The summed E-state index contributed by atoms with van der Waals surface area (Å²) in [7, 11) is 4.31. The van der Waals surface area contributed by atoms with Crippen LogP contribution >= 0.6 is 0 Å². The molecule has 4 heterocycles. The Kier molecular flexibility index (Phi) is 12.9. The maximum atomic E-state index is 16.2. The number of likely N-dealkylation sites (N-methyl/N-ethyl adjacent to an activating group) is 1. The van der Waals surface area contributed by atoms with Gasteiger partial charge in [0.15, 0.2) is 0 Å². The summed E-state index contributed by atoms with van der Waals surface area (Å²) in [5.74, 6) is 0.630. The van der Waals surface area contributed by atoms with Crippen molar-refractivity contribution < 1.29 is 37.8 Å². The number of hydrogen-bond acceptors (Lipinski definition) is 9. The maximum Gasteiger partial charge on any atom is 0.407 e. The molecule has 3 aliphatic rings. The fourth-order valence-electron chi connectivity index (χ4n) is 10.1. The Morgan fingerprint density at radius 1 is 0.922 bits per heavy atom. The van der Waals surface area contributed by atoms with Gasteiger partial charge in [-0.3, -0.25) is 9.59 Å². The van der Waals surface area contributed by atoms with E-state index in [-0.39, 0.29) is 53.6 Å². The van der Waals surface area contributed by atoms with Crippen molar-refractivity contribution in [3.05, 3.63) is 72.2 Å². The van der Waals surface area contributed by atoms with E-state index in [0.717, 1.165) is 46.6 Å². The highest BCUT2D eigenvalue weighted by Gasteiger charge is 2.52. The average molecular weight is 879 g/mol. The Hall–Kier alpha value is -6.03. The molecule has 2 aliphatic heterocycles. The minimum atomic E-state index is -0.776. The van der Waals surface area contributed by atoms with Crippen molar-refractivity contribution in [1.82, 2.24) is 40.4 Å². The van der Waals surface area contributed by atoms with Crippen molar-refractivity contribution in [2.45, 2.75) is 96.4 Å². The summed E-state index contributed by atoms with van der Waals surface area (Å²) >= 11 is 0. The van der Waals surface area contributed by atoms with Gasteiger partial charge in [0.05, 0.1) is 49.2 Å². The number of nitrogens with zero attached hydrogens (tertiary/aromatic N) is 4. The van der Waals surface area contributed by atoms with Gasteiger partial charge in [-0.1, -0.05) is 52.0 Å². The number of likely N-dealkylation sites (tertiary alicyclic amines) is 1. The van der Waals surface area contributed by atoms with Crippen LogP contribution in [0.3, 0.4) is 0 Å². The SMILES string of the molecule is COC(=O)N[C@H](C(=O)N(C)[C@@H](CC(C)C)c1nc2c(ccc3cc(-c4ccc(-c5cnc([C@@H]6[C@H]7CC[C@H](C7)N6C(=O)[C@@H](NC(=O)OC)C6CCOCC6)[nH]5)c(F)c4)ccc32)[nH]1)C(C)C. The number of ether oxygens (including phenoxy) is 3. The van der Waals surface area contributed by atoms with Crippen LogP contribution in [-0.4, -0.2) is 106 Å². The second kappa shape index (κ2) is 18.6. The van der Waals surface area contributed by atoms with Crippen molar-refractivity contribution >= 4 is 45.8 Å². The van der Waals surface area contributed by atoms with E-state index in [1.54, 1.807) is 24.2 Å². The fourth-order valence-corrected chi connectivity index (χ4v) is 10.1. The highest BCUT2D eigenvalue weighted by Crippen LogP contribution is 2.50. The number of H-pyrrole nitrogens is 2. The van der Waals surface area contributed by atoms with E-state index in [4.69, 9.17) is 24.2 Å². The third kappa shape index (κ3) is 8.76. The van der Waals surface area contributed by atoms with Crippen LogP contribution in [0.15, 0.2) is 54.7 Å². The minimum absolute atomic E-state index is 0.0296. The third-order valence-electron chi connectivity index (χ3n) is 13.5. The van der Waals surface area contributed by atoms with Crippen LogP contribution in [0, 0.1) is 29.5 Å². The van der Waals surface area contributed by atoms with E-state index in [1.807, 2.05) is 55.1 Å². The molecule has 1 aliphatic carbocycles. The number of piperidine rings is 1. The van der Waals surface area contributed by atoms with Crippen molar-refractivity contribution in [2.24, 2.45) is 23.7 Å². The topological polar surface area (TPSA) is 184 Å². The van der Waals surface area contributed by atoms with E-state index in [2.05, 4.69) is 34.4 Å². The average Bonchev–Trinajstić information content (AvgIpc) is 4.13. The number of methoxy groups -OCH3 is 2. The molecule has 0 unspecified atom stereocenters. The molecule has 3 fully saturated rings. The normalized spacial score (nSPS) is 20.2. The first-order chi connectivity index (χ1) is 30.8. The molecule has 6 atom stereocenters. The van der Waals surface area contributed by atoms with Gasteiger partial charge in [0.1, 0.15) is 29.5 Å². The lowest BCUT2D eigenvalue weighted by Crippen LogP contribution is -2.55. The molecule has 16 heteroatoms. The van der Waals surface area contributed by atoms with Crippen LogP contribution in [0.5, 0.6) is 0 Å². The van der Waals surface area contributed by atoms with E-state index in [9.17, 15) is 19.2 Å². The van der Waals surface area contributed by atoms with Gasteiger partial charge in [0.25, 0.3) is 0 Å². The second-order valence-electron chi connectivity index (χ2n) is 18.3. The molecular weight excluding hydrogens is 820 g/mol. The second-order valence-corrected chi connectivity index (χ2v) is 18.3. The van der Waals surface area contributed by atoms with Gasteiger partial charge < -0.3 is 44.6 Å². The van der Waals surface area contributed by atoms with Gasteiger partial charge >= 0.3 is 12.2 Å². The van der Waals surface area contributed by atoms with Gasteiger partial charge in [-0.15, -0.1) is 0 Å². The standard InChI is InChI=1S/C48H59FN8O7/c1-25(2)20-38(56(5)45(58)39(26(3)4)54-47(60)62-6)43-51-36-15-11-30-21-28(9-13-33(30)41(36)53-43)29-10-14-34(35(49)23-29)37-24-50-44(52-37)42-31-8-12-32(22-31)57(42)46(59)40(55-48(61)63-7)27-16-18-64-19-17-27/h9-11,13-15,21,23-27,31-32,38-40,42H,8,12,16-20,22H2,1-7H3,(H,50,52)(H,51,53)(H,54,60)(H,55,61)/t31-,32+,38-,39-,40-,42-/m0/s1. The molecule has 0 radical (unpaired) electrons. The number of amides is 4. The summed E-state index contributed by atoms with van der Waals surface area (Å²) in [5, 5.41) is 7.35. The summed E-state index contributed by atoms with van der Waals surface area (Å²) in [4.78, 5) is 73.0. The monoisotopic (exact) mass is 878 g/mol. The van der Waals surface area contributed by atoms with Crippen molar-refractivity contribution in [2.75, 3.05) is 34.5 Å². The quantitative estimate of drug-likeness (QED) is 0.0909. The number of nitrogens with one attached hydrogen (secondary N) is 4. The Bertz CT molecular complexity index is 2530. The number of rotatable bonds is 13. The molecule has 15 nitrogen and oxygen atoms in total. The molecule has 4 amide bonds. The molecule has 0 spiro atoms. The number of aromatic nitrogens is 4. The number of carbonyl (C=O) groups is 4. The van der Waals surface area contributed by atoms with Crippen LogP contribution in [-0.2, 0) is 23.8 Å². The summed E-state index contributed by atoms with van der Waals surface area (Å²) in [6, 6.07) is 12.9. The molecule has 64 heavy (non-hydrogen) atoms. The first-order valence-corrected chi connectivity index (χ1v) is 22.4. The number of fused-ring (bicyclic) bond motifs is 5. The molecule has 2 bridgehead atoms. The van der Waals surface area contributed by atoms with Gasteiger partial charge in [0, 0.05) is 37.3 Å². The number of alkyl carbamates (subject to hydrolysis) is 2. The predicted octanol–water partition coefficient (Wildman–Crippen LogP) is 8.04. The highest BCUT2D eigenvalue weighted by molar-refractivity contribution is 6.05. The van der Waals surface area contributed by atoms with Crippen molar-refractivity contribution in [1.29, 1.82) is 0 Å². The first-order valence-electron chi connectivity index (χ1n) is 22.4. The van der Waals surface area contributed by atoms with Crippen LogP contribution < -0.4 is 10.6 Å². The first kappa shape index (κ1) is 44.6. The molecule has 4 N–H and O–H groups in total. The number of benzene rings is 3. The summed E-state index contributed by atoms with van der Waals surface area (Å²) in [6.45, 7) is 8.99. The molecule has 2 aromatic heterocycles. The molecule has 1 saturated carbocycles. The van der Waals surface area contributed by atoms with Gasteiger partial charge in [0.2, 0.25) is 11.8 Å². The zero-order chi connectivity index (χ0) is 45.4. The van der Waals surface area contributed by atoms with Crippen molar-refractivity contribution in [3.63, 3.8) is 0 Å². The van der Waals surface area contributed by atoms with Crippen molar-refractivity contribution in [3.8, 4) is 22.4 Å². The maximum absolute atomic E-state index is 16.2. The van der Waals surface area contributed by atoms with E-state index < -0.39 is 30.1 Å². The molecular formula is C48H59FN8O7. The zero-order valence-corrected chi connectivity index (χ0v) is 37.6. The Balaban J connectivity index is 1.03. The third-order valence-corrected chi connectivity index (χ3v) is 13.5. The van der Waals surface area contributed by atoms with Crippen LogP contribution in [0.1, 0.15) is 90.0 Å². The summed E-state index contributed by atoms with van der Waals surface area (Å²) in [6.07, 6.45) is 4.96. The lowest BCUT2D eigenvalue weighted by Gasteiger charge is -2.39. The van der Waals surface area contributed by atoms with Crippen LogP contribution in [0.25, 0.3) is 44.2 Å². The number of carbonyl (C=O) groups excluding carboxylic acids is 4. The molecule has 3 aromatic carbocycles. The highest BCUT2D eigenvalue weighted by atomic mass is 19.1. The van der Waals surface area contributed by atoms with E-state index in [0.29, 0.717) is 60.9 Å². The van der Waals surface area contributed by atoms with Gasteiger partial charge in [-0.25, -0.2) is 23.9 Å². The van der Waals surface area contributed by atoms with Crippen LogP contribution in [0.2, 0.25) is 0 Å². The zero-order valence-electron chi connectivity index (χ0n) is 37.6. The number of imidazole rings is 2. The molecule has 340 valence electrons. The lowest BCUT2D eigenvalue weighted by atomic mass is 9.89.